The zero-order chi connectivity index (χ0) is 10.8. The van der Waals surface area contributed by atoms with Gasteiger partial charge in [-0.3, -0.25) is 4.79 Å². The summed E-state index contributed by atoms with van der Waals surface area (Å²) in [5, 5.41) is 8.65. The lowest BCUT2D eigenvalue weighted by Crippen LogP contribution is -1.98. The maximum absolute atomic E-state index is 10.5. The molecule has 1 aliphatic carbocycles. The van der Waals surface area contributed by atoms with Crippen molar-refractivity contribution < 1.29 is 9.90 Å². The number of hydrogen-bond donors (Lipinski definition) is 1. The molecular formula is C12H13IO2. The van der Waals surface area contributed by atoms with Gasteiger partial charge in [-0.2, -0.15) is 0 Å². The second-order valence-corrected chi connectivity index (χ2v) is 5.43. The Morgan fingerprint density at radius 2 is 2.27 bits per heavy atom. The molecule has 1 fully saturated rings. The number of rotatable bonds is 4. The molecule has 0 radical (unpaired) electrons. The molecule has 1 aromatic rings. The minimum absolute atomic E-state index is 0.342. The van der Waals surface area contributed by atoms with E-state index in [1.54, 1.807) is 0 Å². The van der Waals surface area contributed by atoms with Gasteiger partial charge in [-0.1, -0.05) is 12.1 Å². The molecular weight excluding hydrogens is 303 g/mol. The highest BCUT2D eigenvalue weighted by Gasteiger charge is 2.38. The van der Waals surface area contributed by atoms with Crippen LogP contribution in [0.25, 0.3) is 0 Å². The molecule has 1 aliphatic rings. The summed E-state index contributed by atoms with van der Waals surface area (Å²) in [6.45, 7) is 0. The Bertz CT molecular complexity index is 376. The van der Waals surface area contributed by atoms with Crippen LogP contribution in [0.1, 0.15) is 18.4 Å². The van der Waals surface area contributed by atoms with Crippen LogP contribution < -0.4 is 0 Å². The van der Waals surface area contributed by atoms with Gasteiger partial charge in [0.1, 0.15) is 0 Å². The van der Waals surface area contributed by atoms with Crippen molar-refractivity contribution in [2.24, 2.45) is 11.8 Å². The molecule has 1 unspecified atom stereocenters. The summed E-state index contributed by atoms with van der Waals surface area (Å²) in [5.74, 6) is 0.352. The molecule has 0 heterocycles. The molecule has 15 heavy (non-hydrogen) atoms. The van der Waals surface area contributed by atoms with Crippen molar-refractivity contribution in [3.8, 4) is 0 Å². The predicted molar refractivity (Wildman–Crippen MR) is 66.7 cm³/mol. The summed E-state index contributed by atoms with van der Waals surface area (Å²) in [4.78, 5) is 10.5. The molecule has 2 atom stereocenters. The molecule has 0 bridgehead atoms. The third-order valence-corrected chi connectivity index (χ3v) is 3.56. The van der Waals surface area contributed by atoms with Crippen LogP contribution >= 0.6 is 22.6 Å². The third-order valence-electron chi connectivity index (χ3n) is 2.89. The monoisotopic (exact) mass is 316 g/mol. The highest BCUT2D eigenvalue weighted by atomic mass is 127. The van der Waals surface area contributed by atoms with Gasteiger partial charge in [0, 0.05) is 9.99 Å². The zero-order valence-corrected chi connectivity index (χ0v) is 10.5. The molecule has 80 valence electrons. The minimum Gasteiger partial charge on any atom is -0.481 e. The van der Waals surface area contributed by atoms with Gasteiger partial charge in [0.05, 0.1) is 0 Å². The number of carboxylic acids is 1. The van der Waals surface area contributed by atoms with E-state index in [1.165, 1.54) is 9.13 Å². The number of halogens is 1. The fourth-order valence-electron chi connectivity index (χ4n) is 2.00. The van der Waals surface area contributed by atoms with Crippen LogP contribution in [0.3, 0.4) is 0 Å². The lowest BCUT2D eigenvalue weighted by molar-refractivity contribution is -0.137. The molecule has 1 N–H and O–H groups in total. The summed E-state index contributed by atoms with van der Waals surface area (Å²) in [7, 11) is 0. The van der Waals surface area contributed by atoms with Gasteiger partial charge in [0.25, 0.3) is 0 Å². The van der Waals surface area contributed by atoms with E-state index >= 15 is 0 Å². The quantitative estimate of drug-likeness (QED) is 0.867. The summed E-state index contributed by atoms with van der Waals surface area (Å²) in [6, 6.07) is 8.44. The van der Waals surface area contributed by atoms with Crippen molar-refractivity contribution in [3.05, 3.63) is 33.4 Å². The van der Waals surface area contributed by atoms with Crippen LogP contribution in [0.15, 0.2) is 24.3 Å². The second-order valence-electron chi connectivity index (χ2n) is 4.19. The summed E-state index contributed by atoms with van der Waals surface area (Å²) < 4.78 is 1.25. The Morgan fingerprint density at radius 1 is 1.47 bits per heavy atom. The Labute approximate surface area is 103 Å². The van der Waals surface area contributed by atoms with Crippen LogP contribution in [0.2, 0.25) is 0 Å². The standard InChI is InChI=1S/C12H13IO2/c13-11-3-1-2-8(5-11)4-9-6-10(9)7-12(14)15/h1-3,5,9-10H,4,6-7H2,(H,14,15)/t9?,10-/m0/s1. The molecule has 0 aliphatic heterocycles. The molecule has 0 amide bonds. The highest BCUT2D eigenvalue weighted by Crippen LogP contribution is 2.43. The SMILES string of the molecule is O=C(O)C[C@@H]1CC1Cc1cccc(I)c1. The van der Waals surface area contributed by atoms with E-state index < -0.39 is 5.97 Å². The van der Waals surface area contributed by atoms with Gasteiger partial charge < -0.3 is 5.11 Å². The average Bonchev–Trinajstić information content (AvgIpc) is 2.82. The summed E-state index contributed by atoms with van der Waals surface area (Å²) >= 11 is 2.30. The smallest absolute Gasteiger partial charge is 0.303 e. The van der Waals surface area contributed by atoms with E-state index in [9.17, 15) is 4.79 Å². The van der Waals surface area contributed by atoms with Gasteiger partial charge in [-0.25, -0.2) is 0 Å². The molecule has 3 heteroatoms. The first-order valence-electron chi connectivity index (χ1n) is 5.11. The highest BCUT2D eigenvalue weighted by molar-refractivity contribution is 14.1. The first-order valence-corrected chi connectivity index (χ1v) is 6.19. The van der Waals surface area contributed by atoms with Crippen LogP contribution in [0.5, 0.6) is 0 Å². The maximum Gasteiger partial charge on any atom is 0.303 e. The number of hydrogen-bond acceptors (Lipinski definition) is 1. The molecule has 0 spiro atoms. The van der Waals surface area contributed by atoms with Gasteiger partial charge in [0.15, 0.2) is 0 Å². The average molecular weight is 316 g/mol. The predicted octanol–water partition coefficient (Wildman–Crippen LogP) is 2.94. The van der Waals surface area contributed by atoms with Crippen molar-refractivity contribution in [2.45, 2.75) is 19.3 Å². The first-order chi connectivity index (χ1) is 7.15. The minimum atomic E-state index is -0.662. The van der Waals surface area contributed by atoms with E-state index in [2.05, 4.69) is 46.9 Å². The normalized spacial score (nSPS) is 23.8. The third kappa shape index (κ3) is 3.19. The number of aliphatic carboxylic acids is 1. The van der Waals surface area contributed by atoms with Crippen LogP contribution in [-0.4, -0.2) is 11.1 Å². The number of carboxylic acid groups (broad SMARTS) is 1. The molecule has 0 saturated heterocycles. The molecule has 2 rings (SSSR count). The van der Waals surface area contributed by atoms with Gasteiger partial charge in [0.2, 0.25) is 0 Å². The van der Waals surface area contributed by atoms with Crippen molar-refractivity contribution in [1.82, 2.24) is 0 Å². The number of benzene rings is 1. The van der Waals surface area contributed by atoms with Crippen molar-refractivity contribution in [2.75, 3.05) is 0 Å². The lowest BCUT2D eigenvalue weighted by atomic mass is 10.1. The van der Waals surface area contributed by atoms with Gasteiger partial charge in [-0.15, -0.1) is 0 Å². The second kappa shape index (κ2) is 4.51. The van der Waals surface area contributed by atoms with Crippen LogP contribution in [0, 0.1) is 15.4 Å². The van der Waals surface area contributed by atoms with Crippen molar-refractivity contribution in [1.29, 1.82) is 0 Å². The Balaban J connectivity index is 1.87. The zero-order valence-electron chi connectivity index (χ0n) is 8.32. The largest absolute Gasteiger partial charge is 0.481 e. The van der Waals surface area contributed by atoms with E-state index in [4.69, 9.17) is 5.11 Å². The molecule has 2 nitrogen and oxygen atoms in total. The van der Waals surface area contributed by atoms with Crippen molar-refractivity contribution in [3.63, 3.8) is 0 Å². The summed E-state index contributed by atoms with van der Waals surface area (Å²) in [5.41, 5.74) is 1.33. The fraction of sp³-hybridized carbons (Fsp3) is 0.417. The Morgan fingerprint density at radius 3 is 2.93 bits per heavy atom. The van der Waals surface area contributed by atoms with Gasteiger partial charge >= 0.3 is 5.97 Å². The first kappa shape index (κ1) is 10.9. The molecule has 1 saturated carbocycles. The van der Waals surface area contributed by atoms with Gasteiger partial charge in [-0.05, 0) is 65.0 Å². The van der Waals surface area contributed by atoms with Crippen LogP contribution in [-0.2, 0) is 11.2 Å². The lowest BCUT2D eigenvalue weighted by Gasteiger charge is -2.00. The molecule has 1 aromatic carbocycles. The maximum atomic E-state index is 10.5. The molecule has 0 aromatic heterocycles. The van der Waals surface area contributed by atoms with E-state index in [0.717, 1.165) is 12.8 Å². The number of carbonyl (C=O) groups is 1. The fourth-order valence-corrected chi connectivity index (χ4v) is 2.61. The Kier molecular flexibility index (Phi) is 3.29. The van der Waals surface area contributed by atoms with E-state index in [1.807, 2.05) is 0 Å². The Hall–Kier alpha value is -0.580. The van der Waals surface area contributed by atoms with Crippen LogP contribution in [0.4, 0.5) is 0 Å². The van der Waals surface area contributed by atoms with Crippen molar-refractivity contribution >= 4 is 28.6 Å². The summed E-state index contributed by atoms with van der Waals surface area (Å²) in [6.07, 6.45) is 2.46. The van der Waals surface area contributed by atoms with E-state index in [0.29, 0.717) is 18.3 Å². The topological polar surface area (TPSA) is 37.3 Å². The van der Waals surface area contributed by atoms with E-state index in [-0.39, 0.29) is 0 Å².